The summed E-state index contributed by atoms with van der Waals surface area (Å²) in [5.41, 5.74) is 0.877. The molecule has 0 saturated carbocycles. The highest BCUT2D eigenvalue weighted by molar-refractivity contribution is 6.30. The normalized spacial score (nSPS) is 26.8. The van der Waals surface area contributed by atoms with E-state index in [2.05, 4.69) is 6.92 Å². The largest absolute Gasteiger partial charge is 0.490 e. The van der Waals surface area contributed by atoms with Crippen molar-refractivity contribution in [3.8, 4) is 5.75 Å². The van der Waals surface area contributed by atoms with E-state index in [1.165, 1.54) is 6.07 Å². The Morgan fingerprint density at radius 1 is 1.11 bits per heavy atom. The van der Waals surface area contributed by atoms with E-state index in [0.717, 1.165) is 24.5 Å². The van der Waals surface area contributed by atoms with Crippen LogP contribution in [0.5, 0.6) is 5.75 Å². The van der Waals surface area contributed by atoms with Gasteiger partial charge in [0.15, 0.2) is 11.6 Å². The van der Waals surface area contributed by atoms with Gasteiger partial charge in [-0.3, -0.25) is 0 Å². The molecule has 2 nitrogen and oxygen atoms in total. The summed E-state index contributed by atoms with van der Waals surface area (Å²) in [5, 5.41) is 0.660. The molecule has 2 aliphatic heterocycles. The molecule has 0 aromatic heterocycles. The second-order valence-corrected chi connectivity index (χ2v) is 7.99. The van der Waals surface area contributed by atoms with Crippen molar-refractivity contribution in [1.82, 2.24) is 0 Å². The third-order valence-electron chi connectivity index (χ3n) is 6.01. The number of hydrogen-bond donors (Lipinski definition) is 0. The predicted octanol–water partition coefficient (Wildman–Crippen LogP) is 5.70. The van der Waals surface area contributed by atoms with Gasteiger partial charge in [0.05, 0.1) is 12.7 Å². The Morgan fingerprint density at radius 2 is 1.85 bits per heavy atom. The summed E-state index contributed by atoms with van der Waals surface area (Å²) >= 11 is 6.03. The second kappa shape index (κ2) is 7.40. The molecule has 27 heavy (non-hydrogen) atoms. The van der Waals surface area contributed by atoms with Crippen LogP contribution in [0, 0.1) is 17.6 Å². The molecule has 0 amide bonds. The monoisotopic (exact) mass is 392 g/mol. The van der Waals surface area contributed by atoms with Crippen molar-refractivity contribution >= 4 is 11.6 Å². The number of rotatable bonds is 4. The lowest BCUT2D eigenvalue weighted by Crippen LogP contribution is -2.54. The van der Waals surface area contributed by atoms with Crippen molar-refractivity contribution in [1.29, 1.82) is 0 Å². The standard InChI is InChI=1S/C22H23ClF2O2/c1-2-3-19-16-13-27-21-18(25)9-8-17(24)20(21)22(16,10-11-26-19)12-14-4-6-15(23)7-5-14/h4-9,16,19H,2-3,10-13H2,1H3/t16-,19-,22-/m1/s1. The van der Waals surface area contributed by atoms with E-state index in [1.807, 2.05) is 24.3 Å². The molecule has 2 aliphatic rings. The number of ether oxygens (including phenoxy) is 2. The van der Waals surface area contributed by atoms with E-state index < -0.39 is 17.0 Å². The summed E-state index contributed by atoms with van der Waals surface area (Å²) in [6.45, 7) is 2.98. The summed E-state index contributed by atoms with van der Waals surface area (Å²) in [5.74, 6) is -0.857. The molecule has 144 valence electrons. The van der Waals surface area contributed by atoms with E-state index in [9.17, 15) is 4.39 Å². The van der Waals surface area contributed by atoms with Crippen molar-refractivity contribution in [3.63, 3.8) is 0 Å². The highest BCUT2D eigenvalue weighted by Crippen LogP contribution is 2.52. The fraction of sp³-hybridized carbons (Fsp3) is 0.455. The Bertz CT molecular complexity index is 822. The Morgan fingerprint density at radius 3 is 2.59 bits per heavy atom. The van der Waals surface area contributed by atoms with Crippen LogP contribution in [0.15, 0.2) is 36.4 Å². The zero-order chi connectivity index (χ0) is 19.0. The van der Waals surface area contributed by atoms with Gasteiger partial charge in [0, 0.05) is 28.5 Å². The molecule has 2 aromatic rings. The van der Waals surface area contributed by atoms with Crippen LogP contribution in [-0.2, 0) is 16.6 Å². The van der Waals surface area contributed by atoms with Crippen LogP contribution in [0.25, 0.3) is 0 Å². The molecule has 1 fully saturated rings. The van der Waals surface area contributed by atoms with Crippen LogP contribution in [0.2, 0.25) is 5.02 Å². The Hall–Kier alpha value is -1.65. The summed E-state index contributed by atoms with van der Waals surface area (Å²) in [7, 11) is 0. The first-order chi connectivity index (χ1) is 13.0. The van der Waals surface area contributed by atoms with Gasteiger partial charge in [-0.1, -0.05) is 37.1 Å². The van der Waals surface area contributed by atoms with Gasteiger partial charge in [0.1, 0.15) is 5.82 Å². The minimum atomic E-state index is -0.550. The van der Waals surface area contributed by atoms with Crippen molar-refractivity contribution in [3.05, 3.63) is 64.2 Å². The first-order valence-electron chi connectivity index (χ1n) is 9.52. The minimum absolute atomic E-state index is 0.0214. The Kier molecular flexibility index (Phi) is 5.13. The molecule has 2 heterocycles. The van der Waals surface area contributed by atoms with Crippen molar-refractivity contribution in [2.45, 2.75) is 44.1 Å². The van der Waals surface area contributed by atoms with E-state index in [-0.39, 0.29) is 17.8 Å². The van der Waals surface area contributed by atoms with E-state index in [1.54, 1.807) is 0 Å². The average Bonchev–Trinajstić information content (AvgIpc) is 2.66. The Balaban J connectivity index is 1.86. The molecule has 2 aromatic carbocycles. The van der Waals surface area contributed by atoms with Crippen LogP contribution >= 0.6 is 11.6 Å². The van der Waals surface area contributed by atoms with Gasteiger partial charge >= 0.3 is 0 Å². The number of benzene rings is 2. The Labute approximate surface area is 163 Å². The van der Waals surface area contributed by atoms with Crippen LogP contribution in [0.1, 0.15) is 37.3 Å². The zero-order valence-electron chi connectivity index (χ0n) is 15.3. The zero-order valence-corrected chi connectivity index (χ0v) is 16.1. The number of halogens is 3. The summed E-state index contributed by atoms with van der Waals surface area (Å²) in [6.07, 6.45) is 3.07. The SMILES string of the molecule is CCC[C@H]1OCC[C@]2(Cc3ccc(Cl)cc3)c3c(F)ccc(F)c3OC[C@H]12. The van der Waals surface area contributed by atoms with Crippen molar-refractivity contribution in [2.24, 2.45) is 5.92 Å². The molecule has 0 radical (unpaired) electrons. The second-order valence-electron chi connectivity index (χ2n) is 7.56. The third-order valence-corrected chi connectivity index (χ3v) is 6.26. The van der Waals surface area contributed by atoms with Gasteiger partial charge in [0.2, 0.25) is 0 Å². The molecule has 0 unspecified atom stereocenters. The maximum Gasteiger partial charge on any atom is 0.165 e. The maximum atomic E-state index is 15.0. The molecule has 0 N–H and O–H groups in total. The summed E-state index contributed by atoms with van der Waals surface area (Å²) in [4.78, 5) is 0. The molecular weight excluding hydrogens is 370 g/mol. The van der Waals surface area contributed by atoms with E-state index >= 15 is 4.39 Å². The maximum absolute atomic E-state index is 15.0. The van der Waals surface area contributed by atoms with Gasteiger partial charge in [-0.05, 0) is 49.1 Å². The first-order valence-corrected chi connectivity index (χ1v) is 9.90. The van der Waals surface area contributed by atoms with Gasteiger partial charge in [-0.2, -0.15) is 0 Å². The van der Waals surface area contributed by atoms with Crippen LogP contribution in [0.4, 0.5) is 8.78 Å². The van der Waals surface area contributed by atoms with Gasteiger partial charge < -0.3 is 9.47 Å². The molecule has 1 saturated heterocycles. The third kappa shape index (κ3) is 3.23. The molecule has 0 bridgehead atoms. The summed E-state index contributed by atoms with van der Waals surface area (Å²) < 4.78 is 41.3. The first kappa shape index (κ1) is 18.7. The van der Waals surface area contributed by atoms with E-state index in [0.29, 0.717) is 36.6 Å². The van der Waals surface area contributed by atoms with Gasteiger partial charge in [0.25, 0.3) is 0 Å². The number of hydrogen-bond acceptors (Lipinski definition) is 2. The van der Waals surface area contributed by atoms with Gasteiger partial charge in [-0.15, -0.1) is 0 Å². The molecule has 0 spiro atoms. The fourth-order valence-corrected chi connectivity index (χ4v) is 4.91. The average molecular weight is 393 g/mol. The summed E-state index contributed by atoms with van der Waals surface area (Å²) in [6, 6.07) is 9.97. The topological polar surface area (TPSA) is 18.5 Å². The highest BCUT2D eigenvalue weighted by atomic mass is 35.5. The van der Waals surface area contributed by atoms with Crippen molar-refractivity contribution < 1.29 is 18.3 Å². The van der Waals surface area contributed by atoms with Crippen LogP contribution in [0.3, 0.4) is 0 Å². The van der Waals surface area contributed by atoms with Crippen LogP contribution in [-0.4, -0.2) is 19.3 Å². The quantitative estimate of drug-likeness (QED) is 0.664. The lowest BCUT2D eigenvalue weighted by atomic mass is 9.60. The van der Waals surface area contributed by atoms with Gasteiger partial charge in [-0.25, -0.2) is 8.78 Å². The van der Waals surface area contributed by atoms with E-state index in [4.69, 9.17) is 21.1 Å². The number of fused-ring (bicyclic) bond motifs is 3. The van der Waals surface area contributed by atoms with Crippen molar-refractivity contribution in [2.75, 3.05) is 13.2 Å². The van der Waals surface area contributed by atoms with Crippen LogP contribution < -0.4 is 4.74 Å². The highest BCUT2D eigenvalue weighted by Gasteiger charge is 2.53. The minimum Gasteiger partial charge on any atom is -0.490 e. The molecule has 5 heteroatoms. The molecule has 3 atom stereocenters. The fourth-order valence-electron chi connectivity index (χ4n) is 4.78. The lowest BCUT2D eigenvalue weighted by molar-refractivity contribution is -0.0987. The molecule has 0 aliphatic carbocycles. The smallest absolute Gasteiger partial charge is 0.165 e. The molecular formula is C22H23ClF2O2. The predicted molar refractivity (Wildman–Crippen MR) is 101 cm³/mol. The molecule has 4 rings (SSSR count). The lowest BCUT2D eigenvalue weighted by Gasteiger charge is -2.51.